The summed E-state index contributed by atoms with van der Waals surface area (Å²) in [6, 6.07) is 3.89. The van der Waals surface area contributed by atoms with E-state index in [1.165, 1.54) is 24.4 Å². The van der Waals surface area contributed by atoms with E-state index < -0.39 is 0 Å². The molecular formula is C10H13ClN2S. The Morgan fingerprint density at radius 3 is 2.93 bits per heavy atom. The van der Waals surface area contributed by atoms with E-state index >= 15 is 0 Å². The van der Waals surface area contributed by atoms with Crippen LogP contribution < -0.4 is 5.32 Å². The first-order valence-electron chi connectivity index (χ1n) is 4.73. The first-order chi connectivity index (χ1) is 6.84. The minimum absolute atomic E-state index is 0.571. The summed E-state index contributed by atoms with van der Waals surface area (Å²) in [5.74, 6) is 3.16. The standard InChI is InChI=1S/C10H13ClN2S/c11-10-2-1-8(5-13-10)6-14-7-9-3-12-4-9/h1-2,5,9,12H,3-4,6-7H2. The van der Waals surface area contributed by atoms with Crippen molar-refractivity contribution in [1.82, 2.24) is 10.3 Å². The van der Waals surface area contributed by atoms with E-state index in [0.29, 0.717) is 5.15 Å². The van der Waals surface area contributed by atoms with Crippen LogP contribution in [0.15, 0.2) is 18.3 Å². The van der Waals surface area contributed by atoms with Crippen molar-refractivity contribution in [3.05, 3.63) is 29.0 Å². The number of rotatable bonds is 4. The molecule has 2 heterocycles. The summed E-state index contributed by atoms with van der Waals surface area (Å²) in [7, 11) is 0. The van der Waals surface area contributed by atoms with E-state index in [0.717, 1.165) is 11.7 Å². The molecule has 2 nitrogen and oxygen atoms in total. The minimum Gasteiger partial charge on any atom is -0.316 e. The van der Waals surface area contributed by atoms with Gasteiger partial charge < -0.3 is 5.32 Å². The maximum atomic E-state index is 5.70. The van der Waals surface area contributed by atoms with Gasteiger partial charge in [-0.3, -0.25) is 0 Å². The fourth-order valence-corrected chi connectivity index (χ4v) is 2.51. The number of pyridine rings is 1. The van der Waals surface area contributed by atoms with Gasteiger partial charge >= 0.3 is 0 Å². The van der Waals surface area contributed by atoms with Crippen LogP contribution in [0.3, 0.4) is 0 Å². The second-order valence-electron chi connectivity index (χ2n) is 3.53. The van der Waals surface area contributed by atoms with E-state index in [1.807, 2.05) is 30.1 Å². The van der Waals surface area contributed by atoms with Crippen molar-refractivity contribution in [3.8, 4) is 0 Å². The molecule has 1 aliphatic heterocycles. The van der Waals surface area contributed by atoms with Crippen LogP contribution in [-0.2, 0) is 5.75 Å². The van der Waals surface area contributed by atoms with Crippen LogP contribution >= 0.6 is 23.4 Å². The van der Waals surface area contributed by atoms with Gasteiger partial charge in [0.1, 0.15) is 5.15 Å². The van der Waals surface area contributed by atoms with Gasteiger partial charge in [0, 0.05) is 11.9 Å². The van der Waals surface area contributed by atoms with Crippen molar-refractivity contribution >= 4 is 23.4 Å². The van der Waals surface area contributed by atoms with Crippen LogP contribution in [0.2, 0.25) is 5.15 Å². The molecule has 0 unspecified atom stereocenters. The molecule has 0 amide bonds. The van der Waals surface area contributed by atoms with Crippen molar-refractivity contribution in [2.75, 3.05) is 18.8 Å². The van der Waals surface area contributed by atoms with Crippen LogP contribution in [-0.4, -0.2) is 23.8 Å². The van der Waals surface area contributed by atoms with Gasteiger partial charge in [0.2, 0.25) is 0 Å². The Hall–Kier alpha value is -0.250. The highest BCUT2D eigenvalue weighted by Crippen LogP contribution is 2.17. The SMILES string of the molecule is Clc1ccc(CSCC2CNC2)cn1. The molecule has 1 saturated heterocycles. The summed E-state index contributed by atoms with van der Waals surface area (Å²) in [6.45, 7) is 2.37. The van der Waals surface area contributed by atoms with Crippen LogP contribution in [0.1, 0.15) is 5.56 Å². The molecule has 1 N–H and O–H groups in total. The number of nitrogens with zero attached hydrogens (tertiary/aromatic N) is 1. The quantitative estimate of drug-likeness (QED) is 0.800. The van der Waals surface area contributed by atoms with Crippen molar-refractivity contribution in [2.24, 2.45) is 5.92 Å². The van der Waals surface area contributed by atoms with Crippen molar-refractivity contribution in [3.63, 3.8) is 0 Å². The van der Waals surface area contributed by atoms with Crippen molar-refractivity contribution < 1.29 is 0 Å². The summed E-state index contributed by atoms with van der Waals surface area (Å²) in [4.78, 5) is 4.05. The number of hydrogen-bond acceptors (Lipinski definition) is 3. The Kier molecular flexibility index (Phi) is 3.67. The van der Waals surface area contributed by atoms with E-state index in [2.05, 4.69) is 10.3 Å². The van der Waals surface area contributed by atoms with Gasteiger partial charge in [-0.25, -0.2) is 4.98 Å². The highest BCUT2D eigenvalue weighted by molar-refractivity contribution is 7.98. The Morgan fingerprint density at radius 2 is 2.36 bits per heavy atom. The van der Waals surface area contributed by atoms with E-state index in [4.69, 9.17) is 11.6 Å². The van der Waals surface area contributed by atoms with Gasteiger partial charge in [-0.15, -0.1) is 0 Å². The molecule has 0 aromatic carbocycles. The van der Waals surface area contributed by atoms with E-state index in [-0.39, 0.29) is 0 Å². The van der Waals surface area contributed by atoms with E-state index in [1.54, 1.807) is 0 Å². The summed E-state index contributed by atoms with van der Waals surface area (Å²) >= 11 is 7.67. The predicted molar refractivity (Wildman–Crippen MR) is 61.8 cm³/mol. The average Bonchev–Trinajstić information content (AvgIpc) is 2.12. The first-order valence-corrected chi connectivity index (χ1v) is 6.27. The molecule has 4 heteroatoms. The Labute approximate surface area is 93.4 Å². The van der Waals surface area contributed by atoms with Gasteiger partial charge in [0.05, 0.1) is 0 Å². The van der Waals surface area contributed by atoms with Gasteiger partial charge in [0.25, 0.3) is 0 Å². The number of hydrogen-bond donors (Lipinski definition) is 1. The molecule has 1 aromatic heterocycles. The van der Waals surface area contributed by atoms with Gasteiger partial charge in [0.15, 0.2) is 0 Å². The summed E-state index contributed by atoms with van der Waals surface area (Å²) in [5.41, 5.74) is 1.26. The lowest BCUT2D eigenvalue weighted by Crippen LogP contribution is -2.43. The Balaban J connectivity index is 1.71. The zero-order chi connectivity index (χ0) is 9.80. The molecule has 0 saturated carbocycles. The van der Waals surface area contributed by atoms with Crippen molar-refractivity contribution in [2.45, 2.75) is 5.75 Å². The molecular weight excluding hydrogens is 216 g/mol. The van der Waals surface area contributed by atoms with Crippen LogP contribution in [0.25, 0.3) is 0 Å². The van der Waals surface area contributed by atoms with E-state index in [9.17, 15) is 0 Å². The number of aromatic nitrogens is 1. The minimum atomic E-state index is 0.571. The largest absolute Gasteiger partial charge is 0.316 e. The highest BCUT2D eigenvalue weighted by atomic mass is 35.5. The van der Waals surface area contributed by atoms with Crippen LogP contribution in [0, 0.1) is 5.92 Å². The first kappa shape index (κ1) is 10.3. The second kappa shape index (κ2) is 5.01. The smallest absolute Gasteiger partial charge is 0.129 e. The molecule has 0 bridgehead atoms. The third-order valence-electron chi connectivity index (χ3n) is 2.28. The zero-order valence-corrected chi connectivity index (χ0v) is 9.44. The third kappa shape index (κ3) is 2.87. The molecule has 76 valence electrons. The highest BCUT2D eigenvalue weighted by Gasteiger charge is 2.15. The van der Waals surface area contributed by atoms with Crippen molar-refractivity contribution in [1.29, 1.82) is 0 Å². The second-order valence-corrected chi connectivity index (χ2v) is 4.95. The molecule has 1 aromatic rings. The maximum Gasteiger partial charge on any atom is 0.129 e. The number of thioether (sulfide) groups is 1. The zero-order valence-electron chi connectivity index (χ0n) is 7.87. The molecule has 0 spiro atoms. The topological polar surface area (TPSA) is 24.9 Å². The van der Waals surface area contributed by atoms with Gasteiger partial charge in [-0.05, 0) is 36.4 Å². The molecule has 2 rings (SSSR count). The molecule has 1 aliphatic rings. The molecule has 0 aliphatic carbocycles. The van der Waals surface area contributed by atoms with Crippen LogP contribution in [0.5, 0.6) is 0 Å². The Morgan fingerprint density at radius 1 is 1.50 bits per heavy atom. The molecule has 1 fully saturated rings. The van der Waals surface area contributed by atoms with Gasteiger partial charge in [-0.2, -0.15) is 11.8 Å². The summed E-state index contributed by atoms with van der Waals surface area (Å²) in [6.07, 6.45) is 1.86. The molecule has 0 radical (unpaired) electrons. The normalized spacial score (nSPS) is 16.6. The lowest BCUT2D eigenvalue weighted by Gasteiger charge is -2.26. The maximum absolute atomic E-state index is 5.70. The molecule has 0 atom stereocenters. The third-order valence-corrected chi connectivity index (χ3v) is 3.75. The molecule has 14 heavy (non-hydrogen) atoms. The average molecular weight is 229 g/mol. The lowest BCUT2D eigenvalue weighted by molar-refractivity contribution is 0.385. The van der Waals surface area contributed by atoms with Gasteiger partial charge in [-0.1, -0.05) is 17.7 Å². The lowest BCUT2D eigenvalue weighted by atomic mass is 10.1. The monoisotopic (exact) mass is 228 g/mol. The number of halogens is 1. The fraction of sp³-hybridized carbons (Fsp3) is 0.500. The van der Waals surface area contributed by atoms with Crippen LogP contribution in [0.4, 0.5) is 0 Å². The predicted octanol–water partition coefficient (Wildman–Crippen LogP) is 2.19. The fourth-order valence-electron chi connectivity index (χ4n) is 1.30. The summed E-state index contributed by atoms with van der Waals surface area (Å²) < 4.78 is 0. The Bertz CT molecular complexity index is 285. The number of nitrogens with one attached hydrogen (secondary N) is 1. The summed E-state index contributed by atoms with van der Waals surface area (Å²) in [5, 5.41) is 3.85.